The molecule has 3 aromatic heterocycles. The monoisotopic (exact) mass is 324 g/mol. The van der Waals surface area contributed by atoms with Crippen LogP contribution < -0.4 is 5.32 Å². The van der Waals surface area contributed by atoms with Crippen molar-refractivity contribution in [2.24, 2.45) is 0 Å². The van der Waals surface area contributed by atoms with Crippen molar-refractivity contribution >= 4 is 23.0 Å². The number of nitrogens with one attached hydrogen (secondary N) is 1. The molecule has 23 heavy (non-hydrogen) atoms. The normalized spacial score (nSPS) is 11.0. The van der Waals surface area contributed by atoms with E-state index in [9.17, 15) is 0 Å². The second kappa shape index (κ2) is 6.46. The second-order valence-electron chi connectivity index (χ2n) is 5.87. The van der Waals surface area contributed by atoms with E-state index in [-0.39, 0.29) is 0 Å². The summed E-state index contributed by atoms with van der Waals surface area (Å²) in [5, 5.41) is 4.42. The van der Waals surface area contributed by atoms with Gasteiger partial charge in [-0.1, -0.05) is 19.9 Å². The van der Waals surface area contributed by atoms with Gasteiger partial charge in [0.25, 0.3) is 0 Å². The highest BCUT2D eigenvalue weighted by Gasteiger charge is 2.13. The van der Waals surface area contributed by atoms with Crippen LogP contribution in [-0.2, 0) is 0 Å². The molecule has 3 aromatic rings. The third-order valence-electron chi connectivity index (χ3n) is 3.46. The summed E-state index contributed by atoms with van der Waals surface area (Å²) >= 11 is 1.72. The number of pyridine rings is 2. The zero-order valence-electron chi connectivity index (χ0n) is 13.8. The Morgan fingerprint density at radius 3 is 2.57 bits per heavy atom. The molecular weight excluding hydrogens is 304 g/mol. The van der Waals surface area contributed by atoms with Crippen LogP contribution in [0.1, 0.15) is 36.0 Å². The van der Waals surface area contributed by atoms with E-state index in [0.717, 1.165) is 32.9 Å². The standard InChI is InChI=1S/C18H20N4S/c1-11(2)18-20-13(4)17(23-18)14-6-5-7-15(21-14)22-16-10-12(3)8-9-19-16/h5-11H,1-4H3,(H,19,21,22). The van der Waals surface area contributed by atoms with E-state index in [4.69, 9.17) is 4.98 Å². The van der Waals surface area contributed by atoms with E-state index >= 15 is 0 Å². The summed E-state index contributed by atoms with van der Waals surface area (Å²) in [4.78, 5) is 14.8. The number of hydrogen-bond acceptors (Lipinski definition) is 5. The Kier molecular flexibility index (Phi) is 4.39. The summed E-state index contributed by atoms with van der Waals surface area (Å²) < 4.78 is 0. The lowest BCUT2D eigenvalue weighted by Crippen LogP contribution is -1.97. The Labute approximate surface area is 140 Å². The van der Waals surface area contributed by atoms with Crippen LogP contribution in [0.5, 0.6) is 0 Å². The number of aryl methyl sites for hydroxylation is 2. The molecule has 0 unspecified atom stereocenters. The maximum absolute atomic E-state index is 4.72. The first-order chi connectivity index (χ1) is 11.0. The average molecular weight is 324 g/mol. The first-order valence-corrected chi connectivity index (χ1v) is 8.49. The van der Waals surface area contributed by atoms with Gasteiger partial charge in [-0.15, -0.1) is 11.3 Å². The second-order valence-corrected chi connectivity index (χ2v) is 6.90. The van der Waals surface area contributed by atoms with Gasteiger partial charge in [-0.3, -0.25) is 0 Å². The molecule has 0 aliphatic carbocycles. The zero-order valence-corrected chi connectivity index (χ0v) is 14.6. The number of thiazole rings is 1. The molecule has 1 N–H and O–H groups in total. The predicted molar refractivity (Wildman–Crippen MR) is 96.4 cm³/mol. The van der Waals surface area contributed by atoms with Crippen molar-refractivity contribution in [2.75, 3.05) is 5.32 Å². The summed E-state index contributed by atoms with van der Waals surface area (Å²) in [6.07, 6.45) is 1.80. The van der Waals surface area contributed by atoms with Crippen molar-refractivity contribution in [3.05, 3.63) is 52.8 Å². The van der Waals surface area contributed by atoms with Crippen LogP contribution in [0, 0.1) is 13.8 Å². The van der Waals surface area contributed by atoms with Gasteiger partial charge in [0.05, 0.1) is 21.3 Å². The van der Waals surface area contributed by atoms with Gasteiger partial charge in [0, 0.05) is 12.1 Å². The highest BCUT2D eigenvalue weighted by molar-refractivity contribution is 7.15. The van der Waals surface area contributed by atoms with Crippen LogP contribution in [0.4, 0.5) is 11.6 Å². The quantitative estimate of drug-likeness (QED) is 0.726. The van der Waals surface area contributed by atoms with Gasteiger partial charge in [0.1, 0.15) is 11.6 Å². The molecule has 0 spiro atoms. The van der Waals surface area contributed by atoms with E-state index in [1.165, 1.54) is 5.56 Å². The number of aromatic nitrogens is 3. The van der Waals surface area contributed by atoms with Crippen molar-refractivity contribution in [3.63, 3.8) is 0 Å². The molecule has 0 atom stereocenters. The van der Waals surface area contributed by atoms with Crippen LogP contribution in [0.2, 0.25) is 0 Å². The van der Waals surface area contributed by atoms with Crippen LogP contribution in [0.25, 0.3) is 10.6 Å². The summed E-state index contributed by atoms with van der Waals surface area (Å²) in [5.74, 6) is 2.03. The van der Waals surface area contributed by atoms with Gasteiger partial charge in [-0.05, 0) is 43.7 Å². The van der Waals surface area contributed by atoms with Crippen LogP contribution >= 0.6 is 11.3 Å². The third-order valence-corrected chi connectivity index (χ3v) is 4.94. The Hall–Kier alpha value is -2.27. The first kappa shape index (κ1) is 15.6. The van der Waals surface area contributed by atoms with E-state index in [2.05, 4.69) is 29.1 Å². The maximum Gasteiger partial charge on any atom is 0.132 e. The van der Waals surface area contributed by atoms with Gasteiger partial charge in [-0.2, -0.15) is 0 Å². The molecule has 0 saturated heterocycles. The molecule has 3 rings (SSSR count). The molecule has 118 valence electrons. The SMILES string of the molecule is Cc1ccnc(Nc2cccc(-c3sc(C(C)C)nc3C)n2)c1. The fourth-order valence-electron chi connectivity index (χ4n) is 2.27. The highest BCUT2D eigenvalue weighted by Crippen LogP contribution is 2.32. The van der Waals surface area contributed by atoms with E-state index in [1.807, 2.05) is 44.2 Å². The molecule has 4 nitrogen and oxygen atoms in total. The minimum absolute atomic E-state index is 0.435. The highest BCUT2D eigenvalue weighted by atomic mass is 32.1. The molecule has 3 heterocycles. The summed E-state index contributed by atoms with van der Waals surface area (Å²) in [6, 6.07) is 9.97. The van der Waals surface area contributed by atoms with Gasteiger partial charge in [-0.25, -0.2) is 15.0 Å². The average Bonchev–Trinajstić information content (AvgIpc) is 2.90. The van der Waals surface area contributed by atoms with Gasteiger partial charge in [0.15, 0.2) is 0 Å². The summed E-state index contributed by atoms with van der Waals surface area (Å²) in [7, 11) is 0. The van der Waals surface area contributed by atoms with Crippen LogP contribution in [0.3, 0.4) is 0 Å². The largest absolute Gasteiger partial charge is 0.325 e. The predicted octanol–water partition coefficient (Wildman–Crippen LogP) is 5.08. The van der Waals surface area contributed by atoms with Gasteiger partial charge < -0.3 is 5.32 Å². The molecular formula is C18H20N4S. The maximum atomic E-state index is 4.72. The molecule has 5 heteroatoms. The lowest BCUT2D eigenvalue weighted by Gasteiger charge is -2.07. The molecule has 0 fully saturated rings. The molecule has 0 radical (unpaired) electrons. The minimum atomic E-state index is 0.435. The van der Waals surface area contributed by atoms with Crippen LogP contribution in [0.15, 0.2) is 36.5 Å². The summed E-state index contributed by atoms with van der Waals surface area (Å²) in [5.41, 5.74) is 3.15. The third kappa shape index (κ3) is 3.56. The van der Waals surface area contributed by atoms with Crippen molar-refractivity contribution in [1.29, 1.82) is 0 Å². The number of anilines is 2. The molecule has 0 amide bonds. The smallest absolute Gasteiger partial charge is 0.132 e. The van der Waals surface area contributed by atoms with Crippen molar-refractivity contribution in [2.45, 2.75) is 33.6 Å². The topological polar surface area (TPSA) is 50.7 Å². The Balaban J connectivity index is 1.91. The first-order valence-electron chi connectivity index (χ1n) is 7.67. The van der Waals surface area contributed by atoms with Crippen molar-refractivity contribution < 1.29 is 0 Å². The molecule has 0 aliphatic rings. The molecule has 0 bridgehead atoms. The Morgan fingerprint density at radius 2 is 1.87 bits per heavy atom. The van der Waals surface area contributed by atoms with E-state index in [1.54, 1.807) is 17.5 Å². The number of rotatable bonds is 4. The molecule has 0 saturated carbocycles. The van der Waals surface area contributed by atoms with Crippen molar-refractivity contribution in [1.82, 2.24) is 15.0 Å². The minimum Gasteiger partial charge on any atom is -0.325 e. The fourth-order valence-corrected chi connectivity index (χ4v) is 3.31. The number of hydrogen-bond donors (Lipinski definition) is 1. The Morgan fingerprint density at radius 1 is 1.04 bits per heavy atom. The van der Waals surface area contributed by atoms with Gasteiger partial charge in [0.2, 0.25) is 0 Å². The van der Waals surface area contributed by atoms with Crippen molar-refractivity contribution in [3.8, 4) is 10.6 Å². The van der Waals surface area contributed by atoms with E-state index < -0.39 is 0 Å². The number of nitrogens with zero attached hydrogens (tertiary/aromatic N) is 3. The lowest BCUT2D eigenvalue weighted by atomic mass is 10.2. The van der Waals surface area contributed by atoms with Crippen LogP contribution in [-0.4, -0.2) is 15.0 Å². The lowest BCUT2D eigenvalue weighted by molar-refractivity contribution is 0.847. The Bertz CT molecular complexity index is 823. The molecule has 0 aliphatic heterocycles. The molecule has 0 aromatic carbocycles. The van der Waals surface area contributed by atoms with Gasteiger partial charge >= 0.3 is 0 Å². The summed E-state index contributed by atoms with van der Waals surface area (Å²) in [6.45, 7) is 8.42. The fraction of sp³-hybridized carbons (Fsp3) is 0.278. The van der Waals surface area contributed by atoms with E-state index in [0.29, 0.717) is 5.92 Å². The zero-order chi connectivity index (χ0) is 16.4.